The lowest BCUT2D eigenvalue weighted by Crippen LogP contribution is -2.58. The average molecular weight is 433 g/mol. The molecule has 0 radical (unpaired) electrons. The van der Waals surface area contributed by atoms with Crippen molar-refractivity contribution < 1.29 is 11.0 Å². The van der Waals surface area contributed by atoms with Gasteiger partial charge in [-0.15, -0.1) is 0 Å². The van der Waals surface area contributed by atoms with Crippen LogP contribution in [0, 0.1) is 0 Å². The second-order valence-corrected chi connectivity index (χ2v) is 9.76. The Hall–Kier alpha value is -0.160. The molecule has 0 aromatic carbocycles. The summed E-state index contributed by atoms with van der Waals surface area (Å²) in [6.07, 6.45) is 21.3. The van der Waals surface area contributed by atoms with Gasteiger partial charge in [0.25, 0.3) is 0 Å². The van der Waals surface area contributed by atoms with Crippen molar-refractivity contribution in [2.45, 2.75) is 155 Å². The molecule has 0 spiro atoms. The summed E-state index contributed by atoms with van der Waals surface area (Å²) in [4.78, 5) is 3.03. The first-order chi connectivity index (χ1) is 13.4. The molecule has 0 aliphatic heterocycles. The Bertz CT molecular complexity index is 308. The van der Waals surface area contributed by atoms with Crippen LogP contribution in [0.1, 0.15) is 144 Å². The van der Waals surface area contributed by atoms with Crippen LogP contribution >= 0.6 is 0 Å². The number of hydrogen-bond donors (Lipinski definition) is 1. The molecule has 0 unspecified atom stereocenters. The van der Waals surface area contributed by atoms with E-state index in [-0.39, 0.29) is 11.0 Å². The van der Waals surface area contributed by atoms with Gasteiger partial charge in [0.15, 0.2) is 0 Å². The summed E-state index contributed by atoms with van der Waals surface area (Å²) in [5.41, 5.74) is 6.43. The van der Waals surface area contributed by atoms with Crippen LogP contribution in [0.25, 0.3) is 0 Å². The molecule has 4 nitrogen and oxygen atoms in total. The molecule has 0 heterocycles. The van der Waals surface area contributed by atoms with Crippen molar-refractivity contribution in [1.29, 1.82) is 0 Å². The summed E-state index contributed by atoms with van der Waals surface area (Å²) in [5, 5.41) is 0. The molecule has 0 saturated carbocycles. The van der Waals surface area contributed by atoms with Crippen LogP contribution in [0.15, 0.2) is 0 Å². The van der Waals surface area contributed by atoms with Gasteiger partial charge in [-0.1, -0.05) is 91.9 Å². The monoisotopic (exact) mass is 432 g/mol. The highest BCUT2D eigenvalue weighted by molar-refractivity contribution is 4.97. The van der Waals surface area contributed by atoms with Gasteiger partial charge in [-0.25, -0.2) is 0 Å². The first kappa shape index (κ1) is 34.5. The zero-order valence-electron chi connectivity index (χ0n) is 21.8. The van der Waals surface area contributed by atoms with Crippen molar-refractivity contribution in [2.75, 3.05) is 13.1 Å². The predicted octanol–water partition coefficient (Wildman–Crippen LogP) is 6.44. The second-order valence-electron chi connectivity index (χ2n) is 9.76. The molecule has 186 valence electrons. The van der Waals surface area contributed by atoms with Crippen LogP contribution in [0.2, 0.25) is 0 Å². The van der Waals surface area contributed by atoms with E-state index in [4.69, 9.17) is 5.73 Å². The van der Waals surface area contributed by atoms with E-state index >= 15 is 0 Å². The van der Waals surface area contributed by atoms with Crippen LogP contribution in [0.4, 0.5) is 0 Å². The van der Waals surface area contributed by atoms with E-state index in [1.165, 1.54) is 109 Å². The highest BCUT2D eigenvalue weighted by Crippen LogP contribution is 2.39. The largest absolute Gasteiger partial charge is 0.412 e. The van der Waals surface area contributed by atoms with Gasteiger partial charge in [-0.3, -0.25) is 4.90 Å². The first-order valence-corrected chi connectivity index (χ1v) is 12.9. The normalized spacial score (nSPS) is 12.0. The number of unbranched alkanes of at least 4 members (excludes halogenated alkanes) is 7. The third kappa shape index (κ3) is 13.3. The Morgan fingerprint density at radius 2 is 0.867 bits per heavy atom. The van der Waals surface area contributed by atoms with Crippen LogP contribution in [-0.2, 0) is 0 Å². The van der Waals surface area contributed by atoms with E-state index in [9.17, 15) is 0 Å². The van der Waals surface area contributed by atoms with Gasteiger partial charge in [0.05, 0.1) is 0 Å². The van der Waals surface area contributed by atoms with Gasteiger partial charge in [0.2, 0.25) is 0 Å². The highest BCUT2D eigenvalue weighted by atomic mass is 16.0. The third-order valence-corrected chi connectivity index (χ3v) is 6.91. The second kappa shape index (κ2) is 20.7. The molecule has 0 bridgehead atoms. The topological polar surface area (TPSA) is 92.3 Å². The molecular weight excluding hydrogens is 372 g/mol. The summed E-state index contributed by atoms with van der Waals surface area (Å²) in [6.45, 7) is 16.7. The molecule has 0 atom stereocenters. The smallest absolute Gasteiger partial charge is 0.0186 e. The number of rotatable bonds is 20. The van der Waals surface area contributed by atoms with Gasteiger partial charge in [-0.2, -0.15) is 0 Å². The van der Waals surface area contributed by atoms with Gasteiger partial charge in [0, 0.05) is 11.1 Å². The third-order valence-electron chi connectivity index (χ3n) is 6.91. The maximum Gasteiger partial charge on any atom is 0.0186 e. The summed E-state index contributed by atoms with van der Waals surface area (Å²) < 4.78 is 0. The lowest BCUT2D eigenvalue weighted by molar-refractivity contribution is -0.0303. The highest BCUT2D eigenvalue weighted by Gasteiger charge is 2.41. The zero-order chi connectivity index (χ0) is 21.3. The molecule has 0 fully saturated rings. The molecule has 0 aromatic rings. The molecular formula is C26H60N2O2. The Morgan fingerprint density at radius 1 is 0.533 bits per heavy atom. The Balaban J connectivity index is -0.00000364. The lowest BCUT2D eigenvalue weighted by atomic mass is 9.78. The van der Waals surface area contributed by atoms with Crippen LogP contribution in [-0.4, -0.2) is 40.0 Å². The minimum atomic E-state index is 0. The molecule has 0 rings (SSSR count). The minimum absolute atomic E-state index is 0. The van der Waals surface area contributed by atoms with Gasteiger partial charge >= 0.3 is 0 Å². The molecule has 0 aliphatic rings. The van der Waals surface area contributed by atoms with Crippen LogP contribution < -0.4 is 5.73 Å². The fraction of sp³-hybridized carbons (Fsp3) is 1.00. The lowest BCUT2D eigenvalue weighted by Gasteiger charge is -2.53. The molecule has 6 N–H and O–H groups in total. The molecule has 0 aromatic heterocycles. The SMILES string of the molecule is CCCCC(C)(CCCC)N(CCCCCCN)C(C)(CCCC)CCCC.O.O. The molecule has 30 heavy (non-hydrogen) atoms. The van der Waals surface area contributed by atoms with E-state index < -0.39 is 0 Å². The minimum Gasteiger partial charge on any atom is -0.412 e. The quantitative estimate of drug-likeness (QED) is 0.224. The van der Waals surface area contributed by atoms with Gasteiger partial charge in [-0.05, 0) is 65.5 Å². The van der Waals surface area contributed by atoms with Crippen molar-refractivity contribution in [3.63, 3.8) is 0 Å². The van der Waals surface area contributed by atoms with Crippen molar-refractivity contribution in [3.8, 4) is 0 Å². The van der Waals surface area contributed by atoms with E-state index in [0.717, 1.165) is 6.54 Å². The van der Waals surface area contributed by atoms with E-state index in [2.05, 4.69) is 46.4 Å². The Kier molecular flexibility index (Phi) is 23.8. The molecule has 0 aliphatic carbocycles. The first-order valence-electron chi connectivity index (χ1n) is 12.9. The fourth-order valence-corrected chi connectivity index (χ4v) is 4.98. The number of nitrogens with two attached hydrogens (primary N) is 1. The van der Waals surface area contributed by atoms with Crippen molar-refractivity contribution >= 4 is 0 Å². The van der Waals surface area contributed by atoms with Crippen molar-refractivity contribution in [3.05, 3.63) is 0 Å². The summed E-state index contributed by atoms with van der Waals surface area (Å²) >= 11 is 0. The van der Waals surface area contributed by atoms with Crippen LogP contribution in [0.5, 0.6) is 0 Å². The van der Waals surface area contributed by atoms with Crippen molar-refractivity contribution in [2.24, 2.45) is 5.73 Å². The standard InChI is InChI=1S/C26H56N2.2H2O/c1-7-11-19-25(5,20-12-8-2)28(24-18-16-15-17-23-27)26(6,21-13-9-3)22-14-10-4;;/h7-24,27H2,1-6H3;2*1H2. The number of nitrogens with zero attached hydrogens (tertiary/aromatic N) is 1. The van der Waals surface area contributed by atoms with Gasteiger partial charge < -0.3 is 16.7 Å². The molecule has 0 amide bonds. The summed E-state index contributed by atoms with van der Waals surface area (Å²) in [5.74, 6) is 0. The Labute approximate surface area is 190 Å². The Morgan fingerprint density at radius 3 is 1.17 bits per heavy atom. The maximum absolute atomic E-state index is 5.72. The fourth-order valence-electron chi connectivity index (χ4n) is 4.98. The maximum atomic E-state index is 5.72. The summed E-state index contributed by atoms with van der Waals surface area (Å²) in [6, 6.07) is 0. The van der Waals surface area contributed by atoms with E-state index in [1.807, 2.05) is 0 Å². The van der Waals surface area contributed by atoms with E-state index in [1.54, 1.807) is 0 Å². The van der Waals surface area contributed by atoms with Gasteiger partial charge in [0.1, 0.15) is 0 Å². The summed E-state index contributed by atoms with van der Waals surface area (Å²) in [7, 11) is 0. The number of hydrogen-bond acceptors (Lipinski definition) is 2. The predicted molar refractivity (Wildman–Crippen MR) is 136 cm³/mol. The van der Waals surface area contributed by atoms with E-state index in [0.29, 0.717) is 11.1 Å². The zero-order valence-corrected chi connectivity index (χ0v) is 21.8. The average Bonchev–Trinajstić information content (AvgIpc) is 2.70. The van der Waals surface area contributed by atoms with Crippen molar-refractivity contribution in [1.82, 2.24) is 4.90 Å². The van der Waals surface area contributed by atoms with Crippen LogP contribution in [0.3, 0.4) is 0 Å². The molecule has 4 heteroatoms. The molecule has 0 saturated heterocycles.